The molecule has 1 aromatic heterocycles. The number of anilines is 2. The molecule has 8 nitrogen and oxygen atoms in total. The minimum absolute atomic E-state index is 0.276. The predicted molar refractivity (Wildman–Crippen MR) is 116 cm³/mol. The molecule has 158 valence electrons. The monoisotopic (exact) mass is 401 g/mol. The van der Waals surface area contributed by atoms with Gasteiger partial charge in [-0.3, -0.25) is 18.8 Å². The highest BCUT2D eigenvalue weighted by Gasteiger charge is 2.19. The molecule has 1 fully saturated rings. The quantitative estimate of drug-likeness (QED) is 0.682. The molecular weight excluding hydrogens is 370 g/mol. The van der Waals surface area contributed by atoms with Crippen LogP contribution in [0.4, 0.5) is 11.5 Å². The van der Waals surface area contributed by atoms with Crippen molar-refractivity contribution in [2.45, 2.75) is 6.42 Å². The van der Waals surface area contributed by atoms with Crippen LogP contribution in [0.1, 0.15) is 6.42 Å². The summed E-state index contributed by atoms with van der Waals surface area (Å²) in [6.07, 6.45) is 0.967. The van der Waals surface area contributed by atoms with Crippen molar-refractivity contribution in [2.75, 3.05) is 63.2 Å². The summed E-state index contributed by atoms with van der Waals surface area (Å²) in [6.45, 7) is 5.73. The van der Waals surface area contributed by atoms with Crippen LogP contribution < -0.4 is 25.8 Å². The lowest BCUT2D eigenvalue weighted by atomic mass is 10.2. The SMILES string of the molecule is COc1ccccc1N1CCN(CCCN(C)c2cc(=O)n(C)c(=O)n2C)CC1. The number of piperazine rings is 1. The molecule has 0 unspecified atom stereocenters. The van der Waals surface area contributed by atoms with E-state index >= 15 is 0 Å². The number of ether oxygens (including phenoxy) is 1. The Morgan fingerprint density at radius 1 is 1.03 bits per heavy atom. The third-order valence-corrected chi connectivity index (χ3v) is 5.66. The number of para-hydroxylation sites is 2. The van der Waals surface area contributed by atoms with E-state index in [0.717, 1.165) is 61.7 Å². The van der Waals surface area contributed by atoms with Crippen LogP contribution in [0.3, 0.4) is 0 Å². The largest absolute Gasteiger partial charge is 0.495 e. The molecule has 3 rings (SSSR count). The Morgan fingerprint density at radius 3 is 2.41 bits per heavy atom. The molecule has 0 saturated carbocycles. The average Bonchev–Trinajstić information content (AvgIpc) is 2.75. The Kier molecular flexibility index (Phi) is 6.64. The first-order valence-electron chi connectivity index (χ1n) is 10.0. The van der Waals surface area contributed by atoms with Gasteiger partial charge in [0.1, 0.15) is 11.6 Å². The summed E-state index contributed by atoms with van der Waals surface area (Å²) < 4.78 is 8.13. The van der Waals surface area contributed by atoms with Crippen LogP contribution in [-0.4, -0.2) is 67.5 Å². The van der Waals surface area contributed by atoms with Gasteiger partial charge in [0.05, 0.1) is 12.8 Å². The number of hydrogen-bond donors (Lipinski definition) is 0. The first-order chi connectivity index (χ1) is 13.9. The first kappa shape index (κ1) is 21.0. The summed E-state index contributed by atoms with van der Waals surface area (Å²) in [4.78, 5) is 30.9. The molecule has 1 saturated heterocycles. The fraction of sp³-hybridized carbons (Fsp3) is 0.524. The van der Waals surface area contributed by atoms with E-state index in [0.29, 0.717) is 5.82 Å². The average molecular weight is 402 g/mol. The Balaban J connectivity index is 1.50. The number of rotatable bonds is 7. The minimum Gasteiger partial charge on any atom is -0.495 e. The van der Waals surface area contributed by atoms with E-state index in [9.17, 15) is 9.59 Å². The van der Waals surface area contributed by atoms with Crippen LogP contribution in [0, 0.1) is 0 Å². The molecule has 0 bridgehead atoms. The van der Waals surface area contributed by atoms with Gasteiger partial charge in [-0.05, 0) is 25.1 Å². The number of benzene rings is 1. The zero-order chi connectivity index (χ0) is 21.0. The maximum Gasteiger partial charge on any atom is 0.332 e. The first-order valence-corrected chi connectivity index (χ1v) is 10.0. The molecule has 0 spiro atoms. The van der Waals surface area contributed by atoms with E-state index in [1.165, 1.54) is 17.7 Å². The van der Waals surface area contributed by atoms with Crippen LogP contribution in [-0.2, 0) is 14.1 Å². The maximum absolute atomic E-state index is 12.1. The molecular formula is C21H31N5O3. The summed E-state index contributed by atoms with van der Waals surface area (Å²) in [6, 6.07) is 9.67. The van der Waals surface area contributed by atoms with Gasteiger partial charge in [0, 0.05) is 59.9 Å². The van der Waals surface area contributed by atoms with Crippen molar-refractivity contribution >= 4 is 11.5 Å². The van der Waals surface area contributed by atoms with Gasteiger partial charge in [0.2, 0.25) is 0 Å². The van der Waals surface area contributed by atoms with Gasteiger partial charge < -0.3 is 14.5 Å². The third-order valence-electron chi connectivity index (χ3n) is 5.66. The topological polar surface area (TPSA) is 63.0 Å². The second kappa shape index (κ2) is 9.17. The molecule has 1 aromatic carbocycles. The second-order valence-corrected chi connectivity index (χ2v) is 7.52. The highest BCUT2D eigenvalue weighted by molar-refractivity contribution is 5.58. The molecule has 1 aliphatic rings. The molecule has 2 aromatic rings. The Bertz CT molecular complexity index is 944. The molecule has 0 N–H and O–H groups in total. The van der Waals surface area contributed by atoms with Crippen molar-refractivity contribution in [1.29, 1.82) is 0 Å². The third kappa shape index (κ3) is 4.64. The normalized spacial score (nSPS) is 14.8. The van der Waals surface area contributed by atoms with Crippen LogP contribution in [0.5, 0.6) is 5.75 Å². The Labute approximate surface area is 171 Å². The van der Waals surface area contributed by atoms with Gasteiger partial charge >= 0.3 is 5.69 Å². The van der Waals surface area contributed by atoms with Crippen molar-refractivity contribution in [1.82, 2.24) is 14.0 Å². The van der Waals surface area contributed by atoms with Gasteiger partial charge in [-0.1, -0.05) is 12.1 Å². The van der Waals surface area contributed by atoms with Crippen LogP contribution in [0.2, 0.25) is 0 Å². The van der Waals surface area contributed by atoms with Gasteiger partial charge in [-0.25, -0.2) is 4.79 Å². The molecule has 0 radical (unpaired) electrons. The number of methoxy groups -OCH3 is 1. The van der Waals surface area contributed by atoms with Gasteiger partial charge in [0.25, 0.3) is 5.56 Å². The highest BCUT2D eigenvalue weighted by atomic mass is 16.5. The van der Waals surface area contributed by atoms with Crippen LogP contribution in [0.15, 0.2) is 39.9 Å². The lowest BCUT2D eigenvalue weighted by Gasteiger charge is -2.36. The number of hydrogen-bond acceptors (Lipinski definition) is 6. The van der Waals surface area contributed by atoms with Crippen LogP contribution in [0.25, 0.3) is 0 Å². The molecule has 2 heterocycles. The molecule has 0 atom stereocenters. The van der Waals surface area contributed by atoms with E-state index in [4.69, 9.17) is 4.74 Å². The fourth-order valence-corrected chi connectivity index (χ4v) is 3.84. The summed E-state index contributed by atoms with van der Waals surface area (Å²) >= 11 is 0. The van der Waals surface area contributed by atoms with E-state index in [-0.39, 0.29) is 11.2 Å². The van der Waals surface area contributed by atoms with Crippen LogP contribution >= 0.6 is 0 Å². The summed E-state index contributed by atoms with van der Waals surface area (Å²) in [5, 5.41) is 0. The van der Waals surface area contributed by atoms with E-state index in [2.05, 4.69) is 15.9 Å². The van der Waals surface area contributed by atoms with Crippen molar-refractivity contribution in [2.24, 2.45) is 14.1 Å². The fourth-order valence-electron chi connectivity index (χ4n) is 3.84. The molecule has 0 aliphatic carbocycles. The summed E-state index contributed by atoms with van der Waals surface area (Å²) in [5.74, 6) is 1.57. The van der Waals surface area contributed by atoms with E-state index in [1.54, 1.807) is 14.2 Å². The lowest BCUT2D eigenvalue weighted by Crippen LogP contribution is -2.47. The molecule has 29 heavy (non-hydrogen) atoms. The van der Waals surface area contributed by atoms with E-state index in [1.807, 2.05) is 30.1 Å². The van der Waals surface area contributed by atoms with Crippen molar-refractivity contribution in [3.8, 4) is 5.75 Å². The zero-order valence-electron chi connectivity index (χ0n) is 17.8. The second-order valence-electron chi connectivity index (χ2n) is 7.52. The number of aromatic nitrogens is 2. The lowest BCUT2D eigenvalue weighted by molar-refractivity contribution is 0.255. The molecule has 1 aliphatic heterocycles. The summed E-state index contributed by atoms with van der Waals surface area (Å²) in [7, 11) is 6.83. The zero-order valence-corrected chi connectivity index (χ0v) is 17.8. The Morgan fingerprint density at radius 2 is 1.72 bits per heavy atom. The molecule has 0 amide bonds. The van der Waals surface area contributed by atoms with Gasteiger partial charge in [-0.15, -0.1) is 0 Å². The van der Waals surface area contributed by atoms with Crippen molar-refractivity contribution < 1.29 is 4.74 Å². The minimum atomic E-state index is -0.299. The highest BCUT2D eigenvalue weighted by Crippen LogP contribution is 2.28. The number of nitrogens with zero attached hydrogens (tertiary/aromatic N) is 5. The smallest absolute Gasteiger partial charge is 0.332 e. The molecule has 8 heteroatoms. The van der Waals surface area contributed by atoms with Crippen molar-refractivity contribution in [3.05, 3.63) is 51.2 Å². The van der Waals surface area contributed by atoms with Gasteiger partial charge in [-0.2, -0.15) is 0 Å². The Hall–Kier alpha value is -2.74. The standard InChI is InChI=1S/C21H31N5O3/c1-22(19-16-20(27)24(3)21(28)23(19)2)10-7-11-25-12-14-26(15-13-25)17-8-5-6-9-18(17)29-4/h5-6,8-9,16H,7,10-15H2,1-4H3. The van der Waals surface area contributed by atoms with E-state index < -0.39 is 0 Å². The van der Waals surface area contributed by atoms with Crippen molar-refractivity contribution in [3.63, 3.8) is 0 Å². The maximum atomic E-state index is 12.1. The predicted octanol–water partition coefficient (Wildman–Crippen LogP) is 0.741. The summed E-state index contributed by atoms with van der Waals surface area (Å²) in [5.41, 5.74) is 0.579. The van der Waals surface area contributed by atoms with Gasteiger partial charge in [0.15, 0.2) is 0 Å².